The first-order valence-corrected chi connectivity index (χ1v) is 10.7. The summed E-state index contributed by atoms with van der Waals surface area (Å²) in [4.78, 5) is 49.1. The molecule has 9 nitrogen and oxygen atoms in total. The third-order valence-electron chi connectivity index (χ3n) is 4.82. The number of fused-ring (bicyclic) bond motifs is 1. The van der Waals surface area contributed by atoms with Crippen molar-refractivity contribution in [1.29, 1.82) is 0 Å². The van der Waals surface area contributed by atoms with Gasteiger partial charge in [0.15, 0.2) is 5.15 Å². The summed E-state index contributed by atoms with van der Waals surface area (Å²) in [7, 11) is 4.21. The zero-order valence-corrected chi connectivity index (χ0v) is 19.5. The van der Waals surface area contributed by atoms with E-state index < -0.39 is 17.2 Å². The lowest BCUT2D eigenvalue weighted by Crippen LogP contribution is -2.38. The van der Waals surface area contributed by atoms with Gasteiger partial charge in [0.2, 0.25) is 0 Å². The number of aromatic nitrogens is 4. The summed E-state index contributed by atoms with van der Waals surface area (Å²) in [5, 5.41) is 1.59. The van der Waals surface area contributed by atoms with Crippen LogP contribution in [0.15, 0.2) is 9.59 Å². The van der Waals surface area contributed by atoms with Crippen molar-refractivity contribution in [1.82, 2.24) is 23.7 Å². The Balaban J connectivity index is 2.40. The van der Waals surface area contributed by atoms with Gasteiger partial charge in [0.1, 0.15) is 15.8 Å². The molecular weight excluding hydrogens is 453 g/mol. The number of aryl methyl sites for hydroxylation is 2. The van der Waals surface area contributed by atoms with E-state index in [-0.39, 0.29) is 27.8 Å². The predicted octanol–water partition coefficient (Wildman–Crippen LogP) is 2.67. The number of hydrogen-bond donors (Lipinski definition) is 0. The normalized spacial score (nSPS) is 11.4. The minimum atomic E-state index is -0.538. The van der Waals surface area contributed by atoms with Crippen LogP contribution in [0, 0.1) is 6.92 Å². The maximum Gasteiger partial charge on any atom is 0.331 e. The van der Waals surface area contributed by atoms with Crippen molar-refractivity contribution in [2.24, 2.45) is 7.05 Å². The fourth-order valence-corrected chi connectivity index (χ4v) is 4.94. The molecule has 0 fully saturated rings. The van der Waals surface area contributed by atoms with E-state index in [2.05, 4.69) is 4.98 Å². The Hall–Kier alpha value is -2.14. The van der Waals surface area contributed by atoms with E-state index in [4.69, 9.17) is 28.0 Å². The highest BCUT2D eigenvalue weighted by atomic mass is 35.5. The molecule has 0 spiro atoms. The average molecular weight is 474 g/mol. The quantitative estimate of drug-likeness (QED) is 0.513. The average Bonchev–Trinajstić information content (AvgIpc) is 3.21. The number of imidazole rings is 1. The van der Waals surface area contributed by atoms with Crippen molar-refractivity contribution in [2.45, 2.75) is 33.4 Å². The predicted molar refractivity (Wildman–Crippen MR) is 117 cm³/mol. The Morgan fingerprint density at radius 1 is 1.27 bits per heavy atom. The van der Waals surface area contributed by atoms with Crippen LogP contribution in [0.2, 0.25) is 10.3 Å². The number of carbonyl (C=O) groups is 1. The fourth-order valence-electron chi connectivity index (χ4n) is 3.20. The van der Waals surface area contributed by atoms with Crippen molar-refractivity contribution in [3.05, 3.63) is 47.4 Å². The number of thiophene rings is 1. The second-order valence-corrected chi connectivity index (χ2v) is 8.49. The van der Waals surface area contributed by atoms with Crippen LogP contribution < -0.4 is 11.2 Å². The molecule has 3 aromatic heterocycles. The van der Waals surface area contributed by atoms with Crippen molar-refractivity contribution in [2.75, 3.05) is 14.2 Å². The van der Waals surface area contributed by atoms with Crippen molar-refractivity contribution in [3.8, 4) is 0 Å². The van der Waals surface area contributed by atoms with Crippen LogP contribution >= 0.6 is 34.5 Å². The first-order valence-electron chi connectivity index (χ1n) is 9.09. The molecule has 162 valence electrons. The molecule has 0 aliphatic heterocycles. The van der Waals surface area contributed by atoms with Gasteiger partial charge in [-0.15, -0.1) is 11.3 Å². The summed E-state index contributed by atoms with van der Waals surface area (Å²) >= 11 is 13.5. The van der Waals surface area contributed by atoms with Crippen LogP contribution in [-0.4, -0.2) is 43.8 Å². The molecule has 0 radical (unpaired) electrons. The standard InChI is InChI=1S/C18H21Cl2N5O4S/c1-6-7-24-17-12(15(26)22(3)18(24)28)11(16(27)23(4)29-5)10(30-17)8-25-9(2)21-13(19)14(25)20/h6-8H2,1-5H3. The molecule has 30 heavy (non-hydrogen) atoms. The van der Waals surface area contributed by atoms with Gasteiger partial charge in [0.05, 0.1) is 24.6 Å². The maximum atomic E-state index is 13.1. The van der Waals surface area contributed by atoms with E-state index in [9.17, 15) is 14.4 Å². The molecule has 0 saturated carbocycles. The van der Waals surface area contributed by atoms with E-state index in [0.29, 0.717) is 28.5 Å². The summed E-state index contributed by atoms with van der Waals surface area (Å²) in [5.41, 5.74) is -0.796. The summed E-state index contributed by atoms with van der Waals surface area (Å²) in [6.45, 7) is 4.23. The highest BCUT2D eigenvalue weighted by Crippen LogP contribution is 2.32. The summed E-state index contributed by atoms with van der Waals surface area (Å²) in [6.07, 6.45) is 0.684. The molecule has 0 unspecified atom stereocenters. The first-order chi connectivity index (χ1) is 14.1. The number of hydroxylamine groups is 2. The molecule has 3 rings (SSSR count). The lowest BCUT2D eigenvalue weighted by Gasteiger charge is -2.15. The third-order valence-corrected chi connectivity index (χ3v) is 6.77. The van der Waals surface area contributed by atoms with Gasteiger partial charge in [0.25, 0.3) is 11.5 Å². The third kappa shape index (κ3) is 3.58. The fraction of sp³-hybridized carbons (Fsp3) is 0.444. The second kappa shape index (κ2) is 8.54. The molecule has 3 heterocycles. The van der Waals surface area contributed by atoms with Gasteiger partial charge in [-0.3, -0.25) is 23.6 Å². The molecule has 0 bridgehead atoms. The van der Waals surface area contributed by atoms with Gasteiger partial charge < -0.3 is 4.57 Å². The second-order valence-electron chi connectivity index (χ2n) is 6.69. The summed E-state index contributed by atoms with van der Waals surface area (Å²) in [6, 6.07) is 0. The number of nitrogens with zero attached hydrogens (tertiary/aromatic N) is 5. The van der Waals surface area contributed by atoms with Crippen molar-refractivity contribution >= 4 is 50.7 Å². The largest absolute Gasteiger partial charge is 0.331 e. The van der Waals surface area contributed by atoms with Gasteiger partial charge in [-0.1, -0.05) is 30.1 Å². The van der Waals surface area contributed by atoms with Gasteiger partial charge in [-0.05, 0) is 13.3 Å². The number of halogens is 2. The smallest absolute Gasteiger partial charge is 0.313 e. The van der Waals surface area contributed by atoms with Crippen LogP contribution in [-0.2, 0) is 25.0 Å². The lowest BCUT2D eigenvalue weighted by molar-refractivity contribution is -0.0756. The molecule has 12 heteroatoms. The van der Waals surface area contributed by atoms with Crippen LogP contribution in [0.1, 0.15) is 34.4 Å². The Bertz CT molecular complexity index is 1260. The minimum Gasteiger partial charge on any atom is -0.313 e. The SMILES string of the molecule is CCCn1c(=O)n(C)c(=O)c2c(C(=O)N(C)OC)c(Cn3c(C)nc(Cl)c3Cl)sc21. The minimum absolute atomic E-state index is 0.149. The van der Waals surface area contributed by atoms with Crippen LogP contribution in [0.5, 0.6) is 0 Å². The Morgan fingerprint density at radius 2 is 1.93 bits per heavy atom. The molecular formula is C18H21Cl2N5O4S. The van der Waals surface area contributed by atoms with Crippen LogP contribution in [0.3, 0.4) is 0 Å². The molecule has 0 aromatic carbocycles. The number of carbonyl (C=O) groups excluding carboxylic acids is 1. The van der Waals surface area contributed by atoms with E-state index in [1.807, 2.05) is 6.92 Å². The summed E-state index contributed by atoms with van der Waals surface area (Å²) < 4.78 is 4.18. The van der Waals surface area contributed by atoms with Crippen LogP contribution in [0.25, 0.3) is 10.2 Å². The topological polar surface area (TPSA) is 91.4 Å². The van der Waals surface area contributed by atoms with Gasteiger partial charge in [0, 0.05) is 25.5 Å². The Labute approximate surface area is 186 Å². The monoisotopic (exact) mass is 473 g/mol. The van der Waals surface area contributed by atoms with E-state index in [1.165, 1.54) is 37.1 Å². The van der Waals surface area contributed by atoms with Gasteiger partial charge >= 0.3 is 5.69 Å². The highest BCUT2D eigenvalue weighted by Gasteiger charge is 2.28. The lowest BCUT2D eigenvalue weighted by atomic mass is 10.1. The number of hydrogen-bond acceptors (Lipinski definition) is 6. The molecule has 0 N–H and O–H groups in total. The highest BCUT2D eigenvalue weighted by molar-refractivity contribution is 7.19. The van der Waals surface area contributed by atoms with E-state index in [0.717, 1.165) is 9.63 Å². The van der Waals surface area contributed by atoms with Crippen molar-refractivity contribution < 1.29 is 9.63 Å². The maximum absolute atomic E-state index is 13.1. The summed E-state index contributed by atoms with van der Waals surface area (Å²) in [5.74, 6) is 0.0531. The molecule has 1 amide bonds. The molecule has 0 saturated heterocycles. The zero-order valence-electron chi connectivity index (χ0n) is 17.2. The van der Waals surface area contributed by atoms with Gasteiger partial charge in [-0.25, -0.2) is 14.8 Å². The van der Waals surface area contributed by atoms with Crippen LogP contribution in [0.4, 0.5) is 0 Å². The number of rotatable bonds is 6. The number of amides is 1. The Morgan fingerprint density at radius 3 is 2.47 bits per heavy atom. The first kappa shape index (κ1) is 22.5. The Kier molecular flexibility index (Phi) is 6.42. The van der Waals surface area contributed by atoms with Gasteiger partial charge in [-0.2, -0.15) is 0 Å². The zero-order chi connectivity index (χ0) is 22.3. The molecule has 0 aliphatic rings. The van der Waals surface area contributed by atoms with E-state index in [1.54, 1.807) is 11.5 Å². The molecule has 3 aromatic rings. The van der Waals surface area contributed by atoms with Crippen molar-refractivity contribution in [3.63, 3.8) is 0 Å². The van der Waals surface area contributed by atoms with E-state index >= 15 is 0 Å². The molecule has 0 aliphatic carbocycles. The molecule has 0 atom stereocenters.